The van der Waals surface area contributed by atoms with Gasteiger partial charge in [0.1, 0.15) is 0 Å². The van der Waals surface area contributed by atoms with Crippen molar-refractivity contribution in [2.24, 2.45) is 17.3 Å². The second kappa shape index (κ2) is 4.48. The molecule has 1 fully saturated rings. The van der Waals surface area contributed by atoms with Crippen LogP contribution in [0, 0.1) is 24.2 Å². The van der Waals surface area contributed by atoms with Crippen molar-refractivity contribution in [3.8, 4) is 0 Å². The molecule has 1 radical (unpaired) electrons. The highest BCUT2D eigenvalue weighted by molar-refractivity contribution is 4.89. The zero-order valence-corrected chi connectivity index (χ0v) is 9.92. The summed E-state index contributed by atoms with van der Waals surface area (Å²) in [4.78, 5) is 2.46. The largest absolute Gasteiger partial charge is 0.299 e. The normalized spacial score (nSPS) is 29.4. The van der Waals surface area contributed by atoms with Gasteiger partial charge in [-0.1, -0.05) is 26.8 Å². The summed E-state index contributed by atoms with van der Waals surface area (Å²) in [5.74, 6) is 1.38. The molecule has 1 nitrogen and oxygen atoms in total. The average Bonchev–Trinajstić information content (AvgIpc) is 2.29. The van der Waals surface area contributed by atoms with E-state index in [1.54, 1.807) is 0 Å². The Morgan fingerprint density at radius 2 is 2.00 bits per heavy atom. The molecular weight excluding hydrogens is 170 g/mol. The van der Waals surface area contributed by atoms with Crippen molar-refractivity contribution < 1.29 is 0 Å². The number of hydrogen-bond acceptors (Lipinski definition) is 1. The molecule has 0 bridgehead atoms. The fraction of sp³-hybridized carbons (Fsp3) is 0.769. The first-order valence-electron chi connectivity index (χ1n) is 5.59. The Morgan fingerprint density at radius 1 is 1.36 bits per heavy atom. The average molecular weight is 194 g/mol. The van der Waals surface area contributed by atoms with Crippen molar-refractivity contribution in [1.29, 1.82) is 0 Å². The fourth-order valence-corrected chi connectivity index (χ4v) is 2.39. The molecule has 81 valence electrons. The minimum absolute atomic E-state index is 0.435. The Morgan fingerprint density at radius 3 is 2.50 bits per heavy atom. The van der Waals surface area contributed by atoms with Gasteiger partial charge in [-0.2, -0.15) is 0 Å². The first kappa shape index (κ1) is 11.8. The van der Waals surface area contributed by atoms with Gasteiger partial charge in [-0.05, 0) is 30.6 Å². The van der Waals surface area contributed by atoms with Crippen molar-refractivity contribution in [3.63, 3.8) is 0 Å². The van der Waals surface area contributed by atoms with Crippen LogP contribution >= 0.6 is 0 Å². The van der Waals surface area contributed by atoms with Crippen LogP contribution in [-0.2, 0) is 0 Å². The van der Waals surface area contributed by atoms with Crippen LogP contribution < -0.4 is 0 Å². The Labute approximate surface area is 89.2 Å². The lowest BCUT2D eigenvalue weighted by molar-refractivity contribution is 0.270. The number of hydrogen-bond donors (Lipinski definition) is 0. The third-order valence-corrected chi connectivity index (χ3v) is 2.91. The van der Waals surface area contributed by atoms with E-state index in [1.807, 2.05) is 6.08 Å². The van der Waals surface area contributed by atoms with Gasteiger partial charge < -0.3 is 0 Å². The highest BCUT2D eigenvalue weighted by Crippen LogP contribution is 2.33. The zero-order chi connectivity index (χ0) is 10.8. The topological polar surface area (TPSA) is 3.24 Å². The molecule has 0 spiro atoms. The summed E-state index contributed by atoms with van der Waals surface area (Å²) in [6, 6.07) is 0. The van der Waals surface area contributed by atoms with Crippen LogP contribution in [-0.4, -0.2) is 24.5 Å². The SMILES string of the molecule is [CH2]C1CN(CC=C)CC1CC(C)(C)C. The lowest BCUT2D eigenvalue weighted by Crippen LogP contribution is -2.22. The molecule has 1 aliphatic heterocycles. The maximum absolute atomic E-state index is 4.26. The molecule has 2 unspecified atom stereocenters. The van der Waals surface area contributed by atoms with Gasteiger partial charge in [0.15, 0.2) is 0 Å². The van der Waals surface area contributed by atoms with E-state index in [2.05, 4.69) is 39.2 Å². The quantitative estimate of drug-likeness (QED) is 0.624. The molecule has 0 aliphatic carbocycles. The zero-order valence-electron chi connectivity index (χ0n) is 9.92. The predicted octanol–water partition coefficient (Wildman–Crippen LogP) is 2.99. The van der Waals surface area contributed by atoms with E-state index >= 15 is 0 Å². The monoisotopic (exact) mass is 194 g/mol. The van der Waals surface area contributed by atoms with Crippen LogP contribution in [0.2, 0.25) is 0 Å². The van der Waals surface area contributed by atoms with Gasteiger partial charge in [0.2, 0.25) is 0 Å². The first-order valence-corrected chi connectivity index (χ1v) is 5.59. The van der Waals surface area contributed by atoms with E-state index in [1.165, 1.54) is 13.0 Å². The molecule has 0 N–H and O–H groups in total. The van der Waals surface area contributed by atoms with Gasteiger partial charge in [-0.15, -0.1) is 6.58 Å². The molecule has 1 saturated heterocycles. The number of rotatable bonds is 3. The van der Waals surface area contributed by atoms with Crippen molar-refractivity contribution >= 4 is 0 Å². The summed E-state index contributed by atoms with van der Waals surface area (Å²) in [6.45, 7) is 18.4. The smallest absolute Gasteiger partial charge is 0.0160 e. The van der Waals surface area contributed by atoms with Crippen LogP contribution in [0.4, 0.5) is 0 Å². The minimum atomic E-state index is 0.435. The molecule has 0 saturated carbocycles. The van der Waals surface area contributed by atoms with Gasteiger partial charge in [-0.25, -0.2) is 0 Å². The van der Waals surface area contributed by atoms with Crippen molar-refractivity contribution in [2.45, 2.75) is 27.2 Å². The second-order valence-electron chi connectivity index (χ2n) is 5.79. The highest BCUT2D eigenvalue weighted by atomic mass is 15.1. The summed E-state index contributed by atoms with van der Waals surface area (Å²) in [7, 11) is 0. The molecular formula is C13H24N. The van der Waals surface area contributed by atoms with Crippen LogP contribution in [0.15, 0.2) is 12.7 Å². The maximum Gasteiger partial charge on any atom is 0.0160 e. The summed E-state index contributed by atoms with van der Waals surface area (Å²) in [5.41, 5.74) is 0.435. The fourth-order valence-electron chi connectivity index (χ4n) is 2.39. The molecule has 1 heterocycles. The molecule has 0 amide bonds. The Hall–Kier alpha value is -0.300. The van der Waals surface area contributed by atoms with Gasteiger partial charge in [-0.3, -0.25) is 4.90 Å². The Kier molecular flexibility index (Phi) is 3.77. The Balaban J connectivity index is 2.44. The predicted molar refractivity (Wildman–Crippen MR) is 63.0 cm³/mol. The first-order chi connectivity index (χ1) is 6.42. The van der Waals surface area contributed by atoms with Crippen LogP contribution in [0.5, 0.6) is 0 Å². The summed E-state index contributed by atoms with van der Waals surface area (Å²) in [6.07, 6.45) is 3.28. The third kappa shape index (κ3) is 3.45. The lowest BCUT2D eigenvalue weighted by Gasteiger charge is -2.25. The second-order valence-corrected chi connectivity index (χ2v) is 5.79. The van der Waals surface area contributed by atoms with E-state index in [4.69, 9.17) is 0 Å². The lowest BCUT2D eigenvalue weighted by atomic mass is 9.81. The van der Waals surface area contributed by atoms with E-state index in [0.29, 0.717) is 11.3 Å². The van der Waals surface area contributed by atoms with Crippen LogP contribution in [0.3, 0.4) is 0 Å². The molecule has 0 aromatic carbocycles. The van der Waals surface area contributed by atoms with Crippen molar-refractivity contribution in [2.75, 3.05) is 19.6 Å². The maximum atomic E-state index is 4.26. The number of likely N-dealkylation sites (tertiary alicyclic amines) is 1. The summed E-state index contributed by atoms with van der Waals surface area (Å²) >= 11 is 0. The van der Waals surface area contributed by atoms with Gasteiger partial charge in [0, 0.05) is 19.6 Å². The minimum Gasteiger partial charge on any atom is -0.299 e. The molecule has 0 aromatic rings. The Bertz CT molecular complexity index is 190. The molecule has 1 aliphatic rings. The van der Waals surface area contributed by atoms with Crippen LogP contribution in [0.1, 0.15) is 27.2 Å². The summed E-state index contributed by atoms with van der Waals surface area (Å²) in [5, 5.41) is 0. The molecule has 0 aromatic heterocycles. The highest BCUT2D eigenvalue weighted by Gasteiger charge is 2.31. The van der Waals surface area contributed by atoms with E-state index in [9.17, 15) is 0 Å². The third-order valence-electron chi connectivity index (χ3n) is 2.91. The van der Waals surface area contributed by atoms with Crippen molar-refractivity contribution in [3.05, 3.63) is 19.6 Å². The van der Waals surface area contributed by atoms with Gasteiger partial charge in [0.05, 0.1) is 0 Å². The molecule has 1 heteroatoms. The van der Waals surface area contributed by atoms with E-state index in [-0.39, 0.29) is 0 Å². The molecule has 1 rings (SSSR count). The number of nitrogens with zero attached hydrogens (tertiary/aromatic N) is 1. The molecule has 14 heavy (non-hydrogen) atoms. The molecule has 2 atom stereocenters. The van der Waals surface area contributed by atoms with E-state index in [0.717, 1.165) is 19.0 Å². The summed E-state index contributed by atoms with van der Waals surface area (Å²) < 4.78 is 0. The van der Waals surface area contributed by atoms with Crippen LogP contribution in [0.25, 0.3) is 0 Å². The van der Waals surface area contributed by atoms with Crippen molar-refractivity contribution in [1.82, 2.24) is 4.90 Å². The van der Waals surface area contributed by atoms with Gasteiger partial charge in [0.25, 0.3) is 0 Å². The standard InChI is InChI=1S/C13H24N/c1-6-7-14-9-11(2)12(10-14)8-13(3,4)5/h6,11-12H,1-2,7-10H2,3-5H3. The van der Waals surface area contributed by atoms with Gasteiger partial charge >= 0.3 is 0 Å². The van der Waals surface area contributed by atoms with E-state index < -0.39 is 0 Å².